The van der Waals surface area contributed by atoms with Crippen LogP contribution in [0.3, 0.4) is 0 Å². The summed E-state index contributed by atoms with van der Waals surface area (Å²) in [4.78, 5) is 42.1. The summed E-state index contributed by atoms with van der Waals surface area (Å²) in [6.07, 6.45) is -2.81. The molecule has 34 heavy (non-hydrogen) atoms. The number of esters is 1. The highest BCUT2D eigenvalue weighted by Gasteiger charge is 2.38. The number of aromatic nitrogens is 1. The smallest absolute Gasteiger partial charge is 0.416 e. The number of aromatic amines is 1. The largest absolute Gasteiger partial charge is 0.467 e. The van der Waals surface area contributed by atoms with E-state index in [0.29, 0.717) is 0 Å². The number of fused-ring (bicyclic) bond motifs is 1. The topological polar surface area (TPSA) is 91.5 Å². The average Bonchev–Trinajstić information content (AvgIpc) is 3.41. The Morgan fingerprint density at radius 1 is 1.21 bits per heavy atom. The van der Waals surface area contributed by atoms with Crippen molar-refractivity contribution in [2.24, 2.45) is 5.92 Å². The molecule has 1 unspecified atom stereocenters. The molecule has 1 aromatic heterocycles. The molecular formula is C24H22F3N3O4. The molecule has 7 nitrogen and oxygen atoms in total. The van der Waals surface area contributed by atoms with Crippen molar-refractivity contribution in [2.75, 3.05) is 18.6 Å². The first-order valence-electron chi connectivity index (χ1n) is 10.6. The number of carbonyl (C=O) groups is 3. The number of carbonyl (C=O) groups excluding carboxylic acids is 3. The van der Waals surface area contributed by atoms with Crippen molar-refractivity contribution >= 4 is 34.4 Å². The molecular weight excluding hydrogens is 451 g/mol. The van der Waals surface area contributed by atoms with Crippen LogP contribution in [0.2, 0.25) is 0 Å². The van der Waals surface area contributed by atoms with E-state index in [4.69, 9.17) is 4.74 Å². The number of ether oxygens (including phenoxy) is 1. The molecule has 2 atom stereocenters. The number of amides is 2. The van der Waals surface area contributed by atoms with Crippen molar-refractivity contribution in [2.45, 2.75) is 25.1 Å². The molecule has 1 aliphatic heterocycles. The van der Waals surface area contributed by atoms with Crippen LogP contribution in [-0.4, -0.2) is 42.5 Å². The fourth-order valence-corrected chi connectivity index (χ4v) is 4.13. The fourth-order valence-electron chi connectivity index (χ4n) is 4.13. The van der Waals surface area contributed by atoms with E-state index in [0.717, 1.165) is 33.5 Å². The van der Waals surface area contributed by atoms with Crippen molar-refractivity contribution in [3.05, 3.63) is 65.9 Å². The van der Waals surface area contributed by atoms with Crippen molar-refractivity contribution in [1.29, 1.82) is 0 Å². The Balaban J connectivity index is 1.48. The van der Waals surface area contributed by atoms with Gasteiger partial charge in [-0.2, -0.15) is 13.2 Å². The van der Waals surface area contributed by atoms with E-state index < -0.39 is 41.5 Å². The zero-order valence-corrected chi connectivity index (χ0v) is 18.2. The maximum absolute atomic E-state index is 13.0. The summed E-state index contributed by atoms with van der Waals surface area (Å²) in [5, 5.41) is 3.55. The number of hydrogen-bond donors (Lipinski definition) is 2. The van der Waals surface area contributed by atoms with Crippen LogP contribution in [0, 0.1) is 5.92 Å². The molecule has 1 saturated heterocycles. The third-order valence-electron chi connectivity index (χ3n) is 5.88. The predicted octanol–water partition coefficient (Wildman–Crippen LogP) is 3.44. The van der Waals surface area contributed by atoms with Crippen LogP contribution >= 0.6 is 0 Å². The molecule has 1 fully saturated rings. The van der Waals surface area contributed by atoms with Gasteiger partial charge in [-0.25, -0.2) is 4.79 Å². The molecule has 0 bridgehead atoms. The number of rotatable bonds is 6. The fraction of sp³-hybridized carbons (Fsp3) is 0.292. The second-order valence-corrected chi connectivity index (χ2v) is 8.10. The van der Waals surface area contributed by atoms with Gasteiger partial charge < -0.3 is 19.9 Å². The normalized spacial score (nSPS) is 17.1. The second kappa shape index (κ2) is 9.20. The van der Waals surface area contributed by atoms with Crippen LogP contribution in [0.5, 0.6) is 0 Å². The Kier molecular flexibility index (Phi) is 6.32. The van der Waals surface area contributed by atoms with E-state index in [2.05, 4.69) is 10.3 Å². The van der Waals surface area contributed by atoms with Crippen LogP contribution in [0.25, 0.3) is 10.9 Å². The SMILES string of the molecule is COC(=O)[C@@H](Cc1c[nH]c2ccccc12)NC(=O)C1CC(=O)N(c2cccc(C(F)(F)F)c2)C1. The van der Waals surface area contributed by atoms with Gasteiger partial charge >= 0.3 is 12.1 Å². The molecule has 3 aromatic rings. The number of hydrogen-bond acceptors (Lipinski definition) is 4. The van der Waals surface area contributed by atoms with E-state index in [1.165, 1.54) is 19.2 Å². The number of benzene rings is 2. The van der Waals surface area contributed by atoms with Crippen molar-refractivity contribution in [1.82, 2.24) is 10.3 Å². The monoisotopic (exact) mass is 473 g/mol. The molecule has 4 rings (SSSR count). The first kappa shape index (κ1) is 23.3. The van der Waals surface area contributed by atoms with Gasteiger partial charge in [0, 0.05) is 42.2 Å². The molecule has 2 heterocycles. The number of nitrogens with one attached hydrogen (secondary N) is 2. The van der Waals surface area contributed by atoms with E-state index in [9.17, 15) is 27.6 Å². The van der Waals surface area contributed by atoms with Crippen molar-refractivity contribution in [3.63, 3.8) is 0 Å². The zero-order valence-electron chi connectivity index (χ0n) is 18.2. The molecule has 10 heteroatoms. The molecule has 0 saturated carbocycles. The summed E-state index contributed by atoms with van der Waals surface area (Å²) in [7, 11) is 1.21. The standard InChI is InChI=1S/C24H22F3N3O4/c1-34-23(33)20(9-14-12-28-19-8-3-2-7-18(14)19)29-22(32)15-10-21(31)30(13-15)17-6-4-5-16(11-17)24(25,26)27/h2-8,11-12,15,20,28H,9-10,13H2,1H3,(H,29,32)/t15?,20-/m1/s1. The summed E-state index contributed by atoms with van der Waals surface area (Å²) in [5.74, 6) is -2.47. The number of anilines is 1. The minimum absolute atomic E-state index is 0.0680. The minimum atomic E-state index is -4.55. The number of para-hydroxylation sites is 1. The highest BCUT2D eigenvalue weighted by atomic mass is 19.4. The molecule has 2 amide bonds. The van der Waals surface area contributed by atoms with E-state index in [-0.39, 0.29) is 25.1 Å². The second-order valence-electron chi connectivity index (χ2n) is 8.10. The number of nitrogens with zero attached hydrogens (tertiary/aromatic N) is 1. The van der Waals surface area contributed by atoms with Crippen LogP contribution in [0.15, 0.2) is 54.7 Å². The first-order valence-corrected chi connectivity index (χ1v) is 10.6. The number of H-pyrrole nitrogens is 1. The Morgan fingerprint density at radius 3 is 2.71 bits per heavy atom. The maximum Gasteiger partial charge on any atom is 0.416 e. The van der Waals surface area contributed by atoms with E-state index in [1.807, 2.05) is 24.3 Å². The molecule has 1 aliphatic rings. The van der Waals surface area contributed by atoms with Crippen molar-refractivity contribution < 1.29 is 32.3 Å². The zero-order chi connectivity index (χ0) is 24.5. The Morgan fingerprint density at radius 2 is 1.97 bits per heavy atom. The number of methoxy groups -OCH3 is 1. The van der Waals surface area contributed by atoms with Gasteiger partial charge in [0.2, 0.25) is 11.8 Å². The van der Waals surface area contributed by atoms with Gasteiger partial charge in [0.1, 0.15) is 6.04 Å². The highest BCUT2D eigenvalue weighted by Crippen LogP contribution is 2.33. The average molecular weight is 473 g/mol. The summed E-state index contributed by atoms with van der Waals surface area (Å²) in [5.41, 5.74) is 0.874. The lowest BCUT2D eigenvalue weighted by atomic mass is 10.0. The Labute approximate surface area is 192 Å². The molecule has 2 N–H and O–H groups in total. The maximum atomic E-state index is 13.0. The van der Waals surface area contributed by atoms with E-state index >= 15 is 0 Å². The first-order chi connectivity index (χ1) is 16.2. The summed E-state index contributed by atoms with van der Waals surface area (Å²) >= 11 is 0. The third-order valence-corrected chi connectivity index (χ3v) is 5.88. The van der Waals surface area contributed by atoms with Crippen LogP contribution in [0.1, 0.15) is 17.5 Å². The number of halogens is 3. The van der Waals surface area contributed by atoms with Gasteiger partial charge in [-0.3, -0.25) is 9.59 Å². The van der Waals surface area contributed by atoms with Gasteiger partial charge in [-0.05, 0) is 29.8 Å². The lowest BCUT2D eigenvalue weighted by Gasteiger charge is -2.20. The minimum Gasteiger partial charge on any atom is -0.467 e. The predicted molar refractivity (Wildman–Crippen MR) is 118 cm³/mol. The van der Waals surface area contributed by atoms with Crippen LogP contribution in [0.4, 0.5) is 18.9 Å². The quantitative estimate of drug-likeness (QED) is 0.537. The third kappa shape index (κ3) is 4.75. The van der Waals surface area contributed by atoms with Crippen LogP contribution < -0.4 is 10.2 Å². The van der Waals surface area contributed by atoms with Gasteiger partial charge in [0.25, 0.3) is 0 Å². The van der Waals surface area contributed by atoms with Gasteiger partial charge in [0.05, 0.1) is 18.6 Å². The van der Waals surface area contributed by atoms with Gasteiger partial charge in [0.15, 0.2) is 0 Å². The van der Waals surface area contributed by atoms with E-state index in [1.54, 1.807) is 6.20 Å². The molecule has 0 radical (unpaired) electrons. The van der Waals surface area contributed by atoms with Crippen LogP contribution in [-0.2, 0) is 31.7 Å². The van der Waals surface area contributed by atoms with Gasteiger partial charge in [-0.15, -0.1) is 0 Å². The molecule has 2 aromatic carbocycles. The molecule has 178 valence electrons. The summed E-state index contributed by atoms with van der Waals surface area (Å²) < 4.78 is 44.0. The summed E-state index contributed by atoms with van der Waals surface area (Å²) in [6.45, 7) is -0.0903. The highest BCUT2D eigenvalue weighted by molar-refractivity contribution is 6.01. The Bertz CT molecular complexity index is 1240. The lowest BCUT2D eigenvalue weighted by Crippen LogP contribution is -2.46. The summed E-state index contributed by atoms with van der Waals surface area (Å²) in [6, 6.07) is 10.9. The Hall–Kier alpha value is -3.82. The molecule has 0 spiro atoms. The van der Waals surface area contributed by atoms with Gasteiger partial charge in [-0.1, -0.05) is 24.3 Å². The number of alkyl halides is 3. The lowest BCUT2D eigenvalue weighted by molar-refractivity contribution is -0.145. The molecule has 0 aliphatic carbocycles. The van der Waals surface area contributed by atoms with Crippen molar-refractivity contribution in [3.8, 4) is 0 Å².